The number of amides is 8. The van der Waals surface area contributed by atoms with Crippen molar-refractivity contribution < 1.29 is 52.6 Å². The molecule has 0 unspecified atom stereocenters. The Labute approximate surface area is 447 Å². The molecule has 19 heteroatoms. The van der Waals surface area contributed by atoms with Crippen molar-refractivity contribution in [2.75, 3.05) is 72.1 Å². The minimum atomic E-state index is -0.884. The van der Waals surface area contributed by atoms with E-state index in [9.17, 15) is 43.2 Å². The number of carbonyl (C=O) groups excluding carboxylic acids is 9. The van der Waals surface area contributed by atoms with Gasteiger partial charge in [0.2, 0.25) is 47.3 Å². The molecule has 0 aromatic heterocycles. The SMILES string of the molecule is CCCCCCCCCCCCCCN(CCCCCCCCCCCCCC)C(=O)COCC(=O)NCC(=O)NCC(=O)NCC(=O)N1CCC[C@H]1C(=O)NCC(=O)NCC(=O)NCC(=O)OCc1ccccc1. The van der Waals surface area contributed by atoms with Gasteiger partial charge in [-0.1, -0.05) is 185 Å². The molecule has 424 valence electrons. The van der Waals surface area contributed by atoms with Crippen LogP contribution in [-0.4, -0.2) is 141 Å². The Morgan fingerprint density at radius 1 is 0.493 bits per heavy atom. The van der Waals surface area contributed by atoms with E-state index >= 15 is 0 Å². The lowest BCUT2D eigenvalue weighted by Gasteiger charge is -2.24. The number of ether oxygens (including phenoxy) is 2. The smallest absolute Gasteiger partial charge is 0.325 e. The fourth-order valence-corrected chi connectivity index (χ4v) is 8.67. The molecular formula is C56H94N8O11. The van der Waals surface area contributed by atoms with E-state index in [2.05, 4.69) is 45.7 Å². The highest BCUT2D eigenvalue weighted by atomic mass is 16.5. The number of likely N-dealkylation sites (tertiary alicyclic amines) is 1. The van der Waals surface area contributed by atoms with Gasteiger partial charge in [-0.2, -0.15) is 0 Å². The molecule has 0 spiro atoms. The van der Waals surface area contributed by atoms with Crippen molar-refractivity contribution in [3.05, 3.63) is 35.9 Å². The van der Waals surface area contributed by atoms with E-state index in [-0.39, 0.29) is 32.2 Å². The maximum Gasteiger partial charge on any atom is 0.325 e. The van der Waals surface area contributed by atoms with Gasteiger partial charge in [0, 0.05) is 19.6 Å². The summed E-state index contributed by atoms with van der Waals surface area (Å²) in [7, 11) is 0. The van der Waals surface area contributed by atoms with Gasteiger partial charge in [-0.3, -0.25) is 43.2 Å². The molecule has 19 nitrogen and oxygen atoms in total. The summed E-state index contributed by atoms with van der Waals surface area (Å²) >= 11 is 0. The third-order valence-corrected chi connectivity index (χ3v) is 13.1. The molecule has 0 aliphatic carbocycles. The minimum absolute atomic E-state index is 0.0519. The fraction of sp³-hybridized carbons (Fsp3) is 0.732. The zero-order chi connectivity index (χ0) is 54.6. The van der Waals surface area contributed by atoms with Crippen LogP contribution in [0.3, 0.4) is 0 Å². The van der Waals surface area contributed by atoms with Crippen molar-refractivity contribution >= 4 is 53.2 Å². The van der Waals surface area contributed by atoms with Crippen LogP contribution in [0.25, 0.3) is 0 Å². The third kappa shape index (κ3) is 34.6. The number of hydrogen-bond donors (Lipinski definition) is 6. The summed E-state index contributed by atoms with van der Waals surface area (Å²) in [6, 6.07) is 8.13. The summed E-state index contributed by atoms with van der Waals surface area (Å²) in [4.78, 5) is 116. The van der Waals surface area contributed by atoms with Crippen LogP contribution < -0.4 is 31.9 Å². The second-order valence-electron chi connectivity index (χ2n) is 19.6. The van der Waals surface area contributed by atoms with Crippen LogP contribution in [0.5, 0.6) is 0 Å². The molecule has 1 heterocycles. The van der Waals surface area contributed by atoms with Gasteiger partial charge in [0.1, 0.15) is 32.4 Å². The van der Waals surface area contributed by atoms with E-state index in [1.54, 1.807) is 24.3 Å². The van der Waals surface area contributed by atoms with E-state index in [0.717, 1.165) is 44.1 Å². The third-order valence-electron chi connectivity index (χ3n) is 13.1. The molecule has 0 saturated carbocycles. The van der Waals surface area contributed by atoms with Crippen molar-refractivity contribution in [3.8, 4) is 0 Å². The first-order valence-corrected chi connectivity index (χ1v) is 28.4. The summed E-state index contributed by atoms with van der Waals surface area (Å²) in [6.45, 7) is 2.80. The second kappa shape index (κ2) is 43.6. The first-order valence-electron chi connectivity index (χ1n) is 28.4. The van der Waals surface area contributed by atoms with Gasteiger partial charge < -0.3 is 51.2 Å². The Bertz CT molecular complexity index is 1780. The number of rotatable bonds is 45. The zero-order valence-electron chi connectivity index (χ0n) is 45.7. The van der Waals surface area contributed by atoms with Crippen LogP contribution in [-0.2, 0) is 59.2 Å². The Balaban J connectivity index is 1.62. The Hall–Kier alpha value is -5.59. The molecule has 1 aliphatic rings. The number of hydrogen-bond acceptors (Lipinski definition) is 11. The van der Waals surface area contributed by atoms with Gasteiger partial charge in [0.05, 0.1) is 32.7 Å². The molecule has 1 saturated heterocycles. The van der Waals surface area contributed by atoms with Crippen LogP contribution in [0.15, 0.2) is 30.3 Å². The van der Waals surface area contributed by atoms with Gasteiger partial charge in [-0.05, 0) is 31.2 Å². The lowest BCUT2D eigenvalue weighted by molar-refractivity contribution is -0.145. The fourth-order valence-electron chi connectivity index (χ4n) is 8.67. The van der Waals surface area contributed by atoms with Gasteiger partial charge in [-0.25, -0.2) is 0 Å². The Kier molecular flexibility index (Phi) is 38.1. The lowest BCUT2D eigenvalue weighted by atomic mass is 10.0. The second-order valence-corrected chi connectivity index (χ2v) is 19.6. The monoisotopic (exact) mass is 1050 g/mol. The molecule has 2 rings (SSSR count). The first-order chi connectivity index (χ1) is 36.4. The van der Waals surface area contributed by atoms with Crippen LogP contribution >= 0.6 is 0 Å². The highest BCUT2D eigenvalue weighted by molar-refractivity contribution is 5.94. The van der Waals surface area contributed by atoms with E-state index in [1.807, 2.05) is 11.0 Å². The van der Waals surface area contributed by atoms with E-state index in [4.69, 9.17) is 9.47 Å². The van der Waals surface area contributed by atoms with Crippen LogP contribution in [0.2, 0.25) is 0 Å². The maximum atomic E-state index is 13.3. The normalized spacial score (nSPS) is 12.9. The topological polar surface area (TPSA) is 251 Å². The van der Waals surface area contributed by atoms with Gasteiger partial charge in [-0.15, -0.1) is 0 Å². The molecule has 1 fully saturated rings. The molecule has 1 atom stereocenters. The number of esters is 1. The molecule has 6 N–H and O–H groups in total. The maximum absolute atomic E-state index is 13.3. The van der Waals surface area contributed by atoms with Gasteiger partial charge in [0.25, 0.3) is 0 Å². The number of unbranched alkanes of at least 4 members (excludes halogenated alkanes) is 22. The summed E-state index contributed by atoms with van der Waals surface area (Å²) in [5, 5.41) is 14.3. The average molecular weight is 1060 g/mol. The van der Waals surface area contributed by atoms with E-state index in [1.165, 1.54) is 120 Å². The molecule has 0 radical (unpaired) electrons. The summed E-state index contributed by atoms with van der Waals surface area (Å²) in [5.41, 5.74) is 0.789. The lowest BCUT2D eigenvalue weighted by Crippen LogP contribution is -2.51. The van der Waals surface area contributed by atoms with Crippen LogP contribution in [0.1, 0.15) is 186 Å². The molecule has 1 aromatic rings. The molecule has 1 aromatic carbocycles. The summed E-state index contributed by atoms with van der Waals surface area (Å²) < 4.78 is 10.6. The summed E-state index contributed by atoms with van der Waals surface area (Å²) in [6.07, 6.45) is 30.6. The molecule has 75 heavy (non-hydrogen) atoms. The Morgan fingerprint density at radius 2 is 0.907 bits per heavy atom. The van der Waals surface area contributed by atoms with Crippen LogP contribution in [0, 0.1) is 0 Å². The largest absolute Gasteiger partial charge is 0.460 e. The number of nitrogens with one attached hydrogen (secondary N) is 6. The standard InChI is InChI=1S/C56H94N8O11/c1-3-5-7-9-11-13-15-17-19-21-23-28-34-63(35-29-24-22-20-18-16-14-12-10-8-6-4-2)54(71)45-74-44-52(69)59-39-48(65)57-37-49(66)60-41-53(70)64-36-30-33-47(64)56(73)62-40-51(68)58-38-50(67)61-42-55(72)75-43-46-31-26-25-27-32-46/h25-27,31-32,47H,3-24,28-30,33-45H2,1-2H3,(H,57,65)(H,58,68)(H,59,69)(H,60,66)(H,61,67)(H,62,73)/t47-/m0/s1. The Morgan fingerprint density at radius 3 is 1.39 bits per heavy atom. The number of carbonyl (C=O) groups is 9. The molecular weight excluding hydrogens is 961 g/mol. The van der Waals surface area contributed by atoms with E-state index in [0.29, 0.717) is 25.9 Å². The zero-order valence-corrected chi connectivity index (χ0v) is 45.7. The minimum Gasteiger partial charge on any atom is -0.460 e. The molecule has 0 bridgehead atoms. The molecule has 8 amide bonds. The highest BCUT2D eigenvalue weighted by Gasteiger charge is 2.34. The van der Waals surface area contributed by atoms with Crippen molar-refractivity contribution in [1.82, 2.24) is 41.7 Å². The quantitative estimate of drug-likeness (QED) is 0.0343. The van der Waals surface area contributed by atoms with Crippen molar-refractivity contribution in [2.45, 2.75) is 193 Å². The summed E-state index contributed by atoms with van der Waals surface area (Å²) in [5.74, 6) is -5.17. The molecule has 1 aliphatic heterocycles. The van der Waals surface area contributed by atoms with Gasteiger partial charge in [0.15, 0.2) is 0 Å². The highest BCUT2D eigenvalue weighted by Crippen LogP contribution is 2.18. The number of nitrogens with zero attached hydrogens (tertiary/aromatic N) is 2. The van der Waals surface area contributed by atoms with E-state index < -0.39 is 92.7 Å². The predicted octanol–water partition coefficient (Wildman–Crippen LogP) is 5.67. The predicted molar refractivity (Wildman–Crippen MR) is 289 cm³/mol. The average Bonchev–Trinajstić information content (AvgIpc) is 3.92. The van der Waals surface area contributed by atoms with Crippen molar-refractivity contribution in [3.63, 3.8) is 0 Å². The van der Waals surface area contributed by atoms with Gasteiger partial charge >= 0.3 is 5.97 Å². The van der Waals surface area contributed by atoms with Crippen LogP contribution in [0.4, 0.5) is 0 Å². The first kappa shape index (κ1) is 65.5. The van der Waals surface area contributed by atoms with Crippen molar-refractivity contribution in [1.29, 1.82) is 0 Å². The van der Waals surface area contributed by atoms with Crippen molar-refractivity contribution in [2.24, 2.45) is 0 Å². The number of benzene rings is 1.